The van der Waals surface area contributed by atoms with Crippen molar-refractivity contribution in [2.24, 2.45) is 17.8 Å². The van der Waals surface area contributed by atoms with E-state index in [1.165, 1.54) is 46.5 Å². The number of ether oxygens (including phenoxy) is 9. The van der Waals surface area contributed by atoms with Crippen molar-refractivity contribution in [2.45, 2.75) is 121 Å². The molecule has 0 spiro atoms. The van der Waals surface area contributed by atoms with Crippen LogP contribution in [0, 0.1) is 17.8 Å². The topological polar surface area (TPSA) is 229 Å². The van der Waals surface area contributed by atoms with Gasteiger partial charge in [-0.05, 0) is 78.1 Å². The molecule has 5 fully saturated rings. The van der Waals surface area contributed by atoms with E-state index in [9.17, 15) is 37.2 Å². The molecule has 0 N–H and O–H groups in total. The molecule has 0 aromatic heterocycles. The van der Waals surface area contributed by atoms with Crippen LogP contribution in [0.15, 0.2) is 36.5 Å². The monoisotopic (exact) mass is 830 g/mol. The lowest BCUT2D eigenvalue weighted by Gasteiger charge is -2.24. The van der Waals surface area contributed by atoms with E-state index in [1.807, 2.05) is 0 Å². The summed E-state index contributed by atoms with van der Waals surface area (Å²) in [5.74, 6) is -1.58. The van der Waals surface area contributed by atoms with Gasteiger partial charge < -0.3 is 42.6 Å². The minimum Gasteiger partial charge on any atom is -0.434 e. The Kier molecular flexibility index (Phi) is 18.8. The molecule has 57 heavy (non-hydrogen) atoms. The molecule has 5 rings (SSSR count). The highest BCUT2D eigenvalue weighted by Crippen LogP contribution is 2.55. The molecule has 320 valence electrons. The lowest BCUT2D eigenvalue weighted by atomic mass is 9.90. The van der Waals surface area contributed by atoms with Crippen LogP contribution in [-0.2, 0) is 71.3 Å². The predicted molar refractivity (Wildman–Crippen MR) is 196 cm³/mol. The zero-order valence-corrected chi connectivity index (χ0v) is 33.5. The van der Waals surface area contributed by atoms with Gasteiger partial charge >= 0.3 is 36.4 Å². The molecule has 19 heteroatoms. The smallest absolute Gasteiger partial charge is 0.434 e. The number of hydrogen-bond acceptors (Lipinski definition) is 18. The molecule has 1 heterocycles. The standard InChI is InChI=1S/C13H16O8S.C13H20O5.C12H18O5/c1-6(2)12(14)18-5-19-13(15)20-10-7-3-8-9(4-7)22(16,17)21-11(8)10;1-10(2)12(14)17-9-18-13(15)16-8-11-6-4-3-5-7-11;1-9(2)11(13)15-8-16-12(14)17-10-6-4-3-5-7-10/h7-11H,1,3-5H2,2H3;11H,1,3-9H2,2H3;10H,1,3-8H2,2H3. The van der Waals surface area contributed by atoms with E-state index in [1.54, 1.807) is 0 Å². The number of rotatable bonds is 13. The van der Waals surface area contributed by atoms with E-state index in [0.717, 1.165) is 38.5 Å². The van der Waals surface area contributed by atoms with Gasteiger partial charge in [0.25, 0.3) is 10.1 Å². The summed E-state index contributed by atoms with van der Waals surface area (Å²) in [6, 6.07) is 0. The van der Waals surface area contributed by atoms with Gasteiger partial charge in [0.15, 0.2) is 0 Å². The number of fused-ring (bicyclic) bond motifs is 1. The number of hydrogen-bond donors (Lipinski definition) is 0. The third kappa shape index (κ3) is 15.7. The first kappa shape index (κ1) is 46.7. The van der Waals surface area contributed by atoms with Crippen LogP contribution in [0.3, 0.4) is 0 Å². The van der Waals surface area contributed by atoms with Crippen LogP contribution in [0.4, 0.5) is 14.4 Å². The van der Waals surface area contributed by atoms with E-state index in [2.05, 4.69) is 48.2 Å². The molecule has 5 unspecified atom stereocenters. The van der Waals surface area contributed by atoms with E-state index < -0.39 is 84.3 Å². The zero-order chi connectivity index (χ0) is 42.1. The Bertz CT molecular complexity index is 1580. The normalized spacial score (nSPS) is 24.0. The summed E-state index contributed by atoms with van der Waals surface area (Å²) in [4.78, 5) is 67.0. The van der Waals surface area contributed by atoms with Crippen LogP contribution in [-0.4, -0.2) is 95.3 Å². The maximum Gasteiger partial charge on any atom is 0.511 e. The van der Waals surface area contributed by atoms with E-state index >= 15 is 0 Å². The van der Waals surface area contributed by atoms with Gasteiger partial charge in [0.2, 0.25) is 20.4 Å². The Morgan fingerprint density at radius 1 is 0.579 bits per heavy atom. The molecule has 5 atom stereocenters. The van der Waals surface area contributed by atoms with Gasteiger partial charge in [0, 0.05) is 28.6 Å². The second-order valence-electron chi connectivity index (χ2n) is 14.4. The van der Waals surface area contributed by atoms with Gasteiger partial charge in [-0.2, -0.15) is 8.42 Å². The molecule has 0 aromatic carbocycles. The van der Waals surface area contributed by atoms with Gasteiger partial charge in [-0.1, -0.05) is 45.4 Å². The first-order valence-corrected chi connectivity index (χ1v) is 20.3. The van der Waals surface area contributed by atoms with Gasteiger partial charge in [-0.25, -0.2) is 28.8 Å². The highest BCUT2D eigenvalue weighted by atomic mass is 32.2. The molecule has 1 aliphatic heterocycles. The SMILES string of the molecule is C=C(C)C(=O)OCOC(=O)OC1C2CC3C1OS(=O)(=O)C3C2.C=C(C)C(=O)OCOC(=O)OC1CCCCC1.C=C(C)C(=O)OCOC(=O)OCC1CCCCC1. The van der Waals surface area contributed by atoms with E-state index in [0.29, 0.717) is 25.4 Å². The fourth-order valence-electron chi connectivity index (χ4n) is 6.89. The van der Waals surface area contributed by atoms with E-state index in [-0.39, 0.29) is 34.7 Å². The van der Waals surface area contributed by atoms with Crippen LogP contribution in [0.5, 0.6) is 0 Å². The van der Waals surface area contributed by atoms with Gasteiger partial charge in [-0.15, -0.1) is 0 Å². The lowest BCUT2D eigenvalue weighted by molar-refractivity contribution is -0.150. The van der Waals surface area contributed by atoms with Crippen molar-refractivity contribution in [1.82, 2.24) is 0 Å². The highest BCUT2D eigenvalue weighted by Gasteiger charge is 2.65. The Morgan fingerprint density at radius 2 is 1.04 bits per heavy atom. The second kappa shape index (κ2) is 22.9. The molecule has 1 saturated heterocycles. The van der Waals surface area contributed by atoms with Gasteiger partial charge in [-0.3, -0.25) is 4.18 Å². The Morgan fingerprint density at radius 3 is 1.53 bits per heavy atom. The molecule has 4 saturated carbocycles. The van der Waals surface area contributed by atoms with E-state index in [4.69, 9.17) is 18.4 Å². The van der Waals surface area contributed by atoms with Crippen molar-refractivity contribution < 1.29 is 84.0 Å². The maximum absolute atomic E-state index is 11.8. The Balaban J connectivity index is 0.000000232. The Labute approximate surface area is 332 Å². The predicted octanol–water partition coefficient (Wildman–Crippen LogP) is 6.07. The fraction of sp³-hybridized carbons (Fsp3) is 0.684. The summed E-state index contributed by atoms with van der Waals surface area (Å²) in [6.45, 7) is 13.6. The van der Waals surface area contributed by atoms with Crippen molar-refractivity contribution in [3.63, 3.8) is 0 Å². The third-order valence-electron chi connectivity index (χ3n) is 9.77. The number of carbonyl (C=O) groups excluding carboxylic acids is 6. The zero-order valence-electron chi connectivity index (χ0n) is 32.7. The first-order valence-electron chi connectivity index (χ1n) is 18.8. The van der Waals surface area contributed by atoms with Crippen molar-refractivity contribution in [1.29, 1.82) is 0 Å². The summed E-state index contributed by atoms with van der Waals surface area (Å²) < 4.78 is 71.4. The van der Waals surface area contributed by atoms with Crippen molar-refractivity contribution >= 4 is 46.5 Å². The third-order valence-corrected chi connectivity index (χ3v) is 11.5. The molecule has 0 aromatic rings. The number of esters is 3. The van der Waals surface area contributed by atoms with Crippen LogP contribution in [0.1, 0.15) is 97.8 Å². The maximum atomic E-state index is 11.8. The first-order chi connectivity index (χ1) is 27.0. The summed E-state index contributed by atoms with van der Waals surface area (Å²) in [7, 11) is -3.55. The lowest BCUT2D eigenvalue weighted by Crippen LogP contribution is -2.37. The molecular formula is C38H54O18S. The summed E-state index contributed by atoms with van der Waals surface area (Å²) in [5, 5.41) is -0.477. The number of carbonyl (C=O) groups is 6. The van der Waals surface area contributed by atoms with Crippen LogP contribution >= 0.6 is 0 Å². The second-order valence-corrected chi connectivity index (χ2v) is 16.2. The summed E-state index contributed by atoms with van der Waals surface area (Å²) >= 11 is 0. The van der Waals surface area contributed by atoms with Crippen LogP contribution < -0.4 is 0 Å². The van der Waals surface area contributed by atoms with Crippen molar-refractivity contribution in [3.05, 3.63) is 36.5 Å². The molecular weight excluding hydrogens is 776 g/mol. The average Bonchev–Trinajstić information content (AvgIpc) is 3.80. The van der Waals surface area contributed by atoms with Crippen LogP contribution in [0.2, 0.25) is 0 Å². The van der Waals surface area contributed by atoms with Gasteiger partial charge in [0.1, 0.15) is 18.3 Å². The molecule has 2 bridgehead atoms. The van der Waals surface area contributed by atoms with Crippen molar-refractivity contribution in [2.75, 3.05) is 27.0 Å². The van der Waals surface area contributed by atoms with Gasteiger partial charge in [0.05, 0.1) is 11.9 Å². The summed E-state index contributed by atoms with van der Waals surface area (Å²) in [5.41, 5.74) is 0.698. The largest absolute Gasteiger partial charge is 0.511 e. The van der Waals surface area contributed by atoms with Crippen LogP contribution in [0.25, 0.3) is 0 Å². The Hall–Kier alpha value is -4.65. The minimum atomic E-state index is -3.55. The molecule has 18 nitrogen and oxygen atoms in total. The highest BCUT2D eigenvalue weighted by molar-refractivity contribution is 7.87. The molecule has 4 aliphatic carbocycles. The summed E-state index contributed by atoms with van der Waals surface area (Å²) in [6.07, 6.45) is 8.10. The quantitative estimate of drug-likeness (QED) is 0.0674. The molecule has 5 aliphatic rings. The minimum absolute atomic E-state index is 0.0391. The molecule has 0 radical (unpaired) electrons. The van der Waals surface area contributed by atoms with Crippen molar-refractivity contribution in [3.8, 4) is 0 Å². The fourth-order valence-corrected chi connectivity index (χ4v) is 8.77. The molecule has 0 amide bonds. The average molecular weight is 831 g/mol.